The van der Waals surface area contributed by atoms with Crippen molar-refractivity contribution in [1.29, 1.82) is 0 Å². The smallest absolute Gasteiger partial charge is 0.190 e. The van der Waals surface area contributed by atoms with E-state index >= 15 is 0 Å². The van der Waals surface area contributed by atoms with Crippen LogP contribution in [0.4, 0.5) is 0 Å². The lowest BCUT2D eigenvalue weighted by molar-refractivity contribution is 0.0900. The van der Waals surface area contributed by atoms with E-state index in [-0.39, 0.29) is 11.6 Å². The summed E-state index contributed by atoms with van der Waals surface area (Å²) < 4.78 is 0. The molecule has 0 heterocycles. The number of fused-ring (bicyclic) bond motifs is 2. The number of carbonyl (C=O) groups is 2. The van der Waals surface area contributed by atoms with E-state index in [9.17, 15) is 9.59 Å². The minimum Gasteiger partial charge on any atom is -0.293 e. The number of carbonyl (C=O) groups excluding carboxylic acids is 2. The van der Waals surface area contributed by atoms with Crippen LogP contribution in [0.5, 0.6) is 0 Å². The number of rotatable bonds is 0. The van der Waals surface area contributed by atoms with Gasteiger partial charge >= 0.3 is 0 Å². The molecule has 2 aliphatic carbocycles. The van der Waals surface area contributed by atoms with Gasteiger partial charge in [-0.2, -0.15) is 0 Å². The number of hydrogen-bond acceptors (Lipinski definition) is 2. The molecule has 2 heteroatoms. The van der Waals surface area contributed by atoms with Crippen molar-refractivity contribution in [1.82, 2.24) is 0 Å². The van der Waals surface area contributed by atoms with E-state index in [2.05, 4.69) is 6.58 Å². The van der Waals surface area contributed by atoms with Crippen molar-refractivity contribution in [2.45, 2.75) is 0 Å². The largest absolute Gasteiger partial charge is 0.293 e. The number of hydrogen-bond donors (Lipinski definition) is 0. The zero-order valence-corrected chi connectivity index (χ0v) is 9.14. The van der Waals surface area contributed by atoms with E-state index in [1.165, 1.54) is 0 Å². The Labute approximate surface area is 99.0 Å². The lowest BCUT2D eigenvalue weighted by Gasteiger charge is -2.27. The average molecular weight is 222 g/mol. The third-order valence-corrected chi connectivity index (χ3v) is 3.23. The van der Waals surface area contributed by atoms with Crippen LogP contribution in [0.15, 0.2) is 60.2 Å². The Morgan fingerprint density at radius 2 is 1.76 bits per heavy atom. The summed E-state index contributed by atoms with van der Waals surface area (Å²) in [7, 11) is 0. The maximum Gasteiger partial charge on any atom is 0.190 e. The second kappa shape index (κ2) is 3.39. The Hall–Kier alpha value is -2.22. The maximum atomic E-state index is 12.3. The fourth-order valence-corrected chi connectivity index (χ4v) is 2.39. The summed E-state index contributed by atoms with van der Waals surface area (Å²) in [6.45, 7) is 3.86. The Bertz CT molecular complexity index is 618. The summed E-state index contributed by atoms with van der Waals surface area (Å²) in [6, 6.07) is 6.96. The molecular weight excluding hydrogens is 212 g/mol. The molecule has 0 aliphatic heterocycles. The molecule has 0 radical (unpaired) electrons. The van der Waals surface area contributed by atoms with Crippen molar-refractivity contribution in [3.63, 3.8) is 0 Å². The molecule has 2 nitrogen and oxygen atoms in total. The van der Waals surface area contributed by atoms with E-state index in [1.54, 1.807) is 42.5 Å². The second-order valence-electron chi connectivity index (χ2n) is 4.23. The zero-order valence-electron chi connectivity index (χ0n) is 9.14. The lowest BCUT2D eigenvalue weighted by atomic mass is 9.73. The summed E-state index contributed by atoms with van der Waals surface area (Å²) in [6.07, 6.45) is 5.27. The van der Waals surface area contributed by atoms with Crippen LogP contribution < -0.4 is 0 Å². The van der Waals surface area contributed by atoms with Gasteiger partial charge in [0.15, 0.2) is 11.6 Å². The molecule has 0 N–H and O–H groups in total. The fourth-order valence-electron chi connectivity index (χ4n) is 2.39. The summed E-state index contributed by atoms with van der Waals surface area (Å²) >= 11 is 0. The molecule has 0 spiro atoms. The Balaban J connectivity index is 2.28. The van der Waals surface area contributed by atoms with Crippen LogP contribution in [-0.2, 0) is 0 Å². The van der Waals surface area contributed by atoms with Gasteiger partial charge in [0.25, 0.3) is 0 Å². The third kappa shape index (κ3) is 1.27. The normalized spacial score (nSPS) is 22.0. The van der Waals surface area contributed by atoms with Gasteiger partial charge in [-0.05, 0) is 5.57 Å². The van der Waals surface area contributed by atoms with Crippen LogP contribution in [0.3, 0.4) is 0 Å². The number of ketones is 2. The van der Waals surface area contributed by atoms with Crippen LogP contribution >= 0.6 is 0 Å². The molecule has 1 aromatic rings. The van der Waals surface area contributed by atoms with Gasteiger partial charge in [0.2, 0.25) is 0 Å². The highest BCUT2D eigenvalue weighted by atomic mass is 16.1. The van der Waals surface area contributed by atoms with E-state index in [4.69, 9.17) is 0 Å². The predicted octanol–water partition coefficient (Wildman–Crippen LogP) is 2.73. The van der Waals surface area contributed by atoms with Gasteiger partial charge in [0.05, 0.1) is 5.92 Å². The van der Waals surface area contributed by atoms with Gasteiger partial charge < -0.3 is 0 Å². The molecule has 1 unspecified atom stereocenters. The summed E-state index contributed by atoms with van der Waals surface area (Å²) in [5.74, 6) is -0.570. The van der Waals surface area contributed by atoms with Crippen LogP contribution in [0.2, 0.25) is 0 Å². The molecule has 0 fully saturated rings. The third-order valence-electron chi connectivity index (χ3n) is 3.23. The molecule has 1 aromatic carbocycles. The van der Waals surface area contributed by atoms with Gasteiger partial charge in [0, 0.05) is 16.7 Å². The Kier molecular flexibility index (Phi) is 1.99. The summed E-state index contributed by atoms with van der Waals surface area (Å²) in [5, 5.41) is 0. The minimum atomic E-state index is -0.484. The molecule has 0 saturated carbocycles. The van der Waals surface area contributed by atoms with Gasteiger partial charge in [-0.15, -0.1) is 0 Å². The van der Waals surface area contributed by atoms with Gasteiger partial charge in [-0.25, -0.2) is 0 Å². The van der Waals surface area contributed by atoms with Crippen LogP contribution in [-0.4, -0.2) is 11.6 Å². The van der Waals surface area contributed by atoms with E-state index in [1.807, 2.05) is 0 Å². The first kappa shape index (κ1) is 9.97. The fraction of sp³-hybridized carbons (Fsp3) is 0.0667. The molecule has 0 aromatic heterocycles. The SMILES string of the molecule is C=C1C=CC=C2C(=O)c3ccccc3C(=O)C12. The Morgan fingerprint density at radius 1 is 1.06 bits per heavy atom. The highest BCUT2D eigenvalue weighted by Gasteiger charge is 2.38. The van der Waals surface area contributed by atoms with Crippen molar-refractivity contribution >= 4 is 11.6 Å². The highest BCUT2D eigenvalue weighted by Crippen LogP contribution is 2.35. The van der Waals surface area contributed by atoms with Crippen molar-refractivity contribution in [2.75, 3.05) is 0 Å². The summed E-state index contributed by atoms with van der Waals surface area (Å²) in [4.78, 5) is 24.6. The first-order valence-corrected chi connectivity index (χ1v) is 5.45. The van der Waals surface area contributed by atoms with Gasteiger partial charge in [-0.3, -0.25) is 9.59 Å². The zero-order chi connectivity index (χ0) is 12.0. The standard InChI is InChI=1S/C15H10O2/c1-9-5-4-8-12-13(9)15(17)11-7-3-2-6-10(11)14(12)16/h2-8,13H,1H2. The first-order valence-electron chi connectivity index (χ1n) is 5.45. The quantitative estimate of drug-likeness (QED) is 0.676. The van der Waals surface area contributed by atoms with Crippen LogP contribution in [0, 0.1) is 5.92 Å². The molecule has 17 heavy (non-hydrogen) atoms. The molecule has 0 amide bonds. The molecule has 82 valence electrons. The van der Waals surface area contributed by atoms with Gasteiger partial charge in [-0.1, -0.05) is 49.1 Å². The minimum absolute atomic E-state index is 0.0270. The molecule has 1 atom stereocenters. The first-order chi connectivity index (χ1) is 8.20. The van der Waals surface area contributed by atoms with Crippen molar-refractivity contribution < 1.29 is 9.59 Å². The van der Waals surface area contributed by atoms with Crippen LogP contribution in [0.1, 0.15) is 20.7 Å². The van der Waals surface area contributed by atoms with Gasteiger partial charge in [0.1, 0.15) is 0 Å². The van der Waals surface area contributed by atoms with Crippen molar-refractivity contribution in [3.8, 4) is 0 Å². The molecule has 3 rings (SSSR count). The summed E-state index contributed by atoms with van der Waals surface area (Å²) in [5.41, 5.74) is 2.25. The van der Waals surface area contributed by atoms with Crippen molar-refractivity contribution in [3.05, 3.63) is 71.3 Å². The van der Waals surface area contributed by atoms with E-state index in [0.717, 1.165) is 0 Å². The predicted molar refractivity (Wildman–Crippen MR) is 65.0 cm³/mol. The molecule has 0 bridgehead atoms. The number of Topliss-reactive ketones (excluding diaryl/α,β-unsaturated/α-hetero) is 2. The monoisotopic (exact) mass is 222 g/mol. The van der Waals surface area contributed by atoms with Crippen molar-refractivity contribution in [2.24, 2.45) is 5.92 Å². The lowest BCUT2D eigenvalue weighted by Crippen LogP contribution is -2.31. The maximum absolute atomic E-state index is 12.3. The second-order valence-corrected chi connectivity index (χ2v) is 4.23. The van der Waals surface area contributed by atoms with E-state index < -0.39 is 5.92 Å². The van der Waals surface area contributed by atoms with Crippen LogP contribution in [0.25, 0.3) is 0 Å². The average Bonchev–Trinajstić information content (AvgIpc) is 2.36. The Morgan fingerprint density at radius 3 is 2.53 bits per heavy atom. The molecule has 0 saturated heterocycles. The number of benzene rings is 1. The van der Waals surface area contributed by atoms with E-state index in [0.29, 0.717) is 22.3 Å². The number of allylic oxidation sites excluding steroid dienone is 5. The highest BCUT2D eigenvalue weighted by molar-refractivity contribution is 6.24. The molecule has 2 aliphatic rings. The molecular formula is C15H10O2. The topological polar surface area (TPSA) is 34.1 Å².